The molecular formula is C11H16N2O3S. The number of amides is 1. The van der Waals surface area contributed by atoms with E-state index in [9.17, 15) is 13.2 Å². The molecule has 1 aromatic rings. The molecule has 94 valence electrons. The van der Waals surface area contributed by atoms with Gasteiger partial charge in [-0.3, -0.25) is 4.79 Å². The highest BCUT2D eigenvalue weighted by Gasteiger charge is 2.17. The predicted octanol–water partition coefficient (Wildman–Crippen LogP) is 0.0475. The van der Waals surface area contributed by atoms with Gasteiger partial charge < -0.3 is 11.5 Å². The zero-order valence-electron chi connectivity index (χ0n) is 9.59. The Bertz CT molecular complexity index is 509. The molecule has 0 radical (unpaired) electrons. The van der Waals surface area contributed by atoms with Crippen LogP contribution in [0.3, 0.4) is 0 Å². The van der Waals surface area contributed by atoms with Crippen LogP contribution in [0, 0.1) is 0 Å². The van der Waals surface area contributed by atoms with Gasteiger partial charge in [-0.05, 0) is 18.6 Å². The zero-order chi connectivity index (χ0) is 13.1. The summed E-state index contributed by atoms with van der Waals surface area (Å²) in [5, 5.41) is 0. The molecule has 0 fully saturated rings. The zero-order valence-corrected chi connectivity index (χ0v) is 10.4. The fraction of sp³-hybridized carbons (Fsp3) is 0.364. The summed E-state index contributed by atoms with van der Waals surface area (Å²) in [7, 11) is -3.32. The lowest BCUT2D eigenvalue weighted by Crippen LogP contribution is -2.27. The van der Waals surface area contributed by atoms with E-state index in [0.29, 0.717) is 5.56 Å². The molecule has 17 heavy (non-hydrogen) atoms. The SMILES string of the molecule is CC(N)CS(=O)(=O)Cc1ccccc1C(N)=O. The fourth-order valence-electron chi connectivity index (χ4n) is 1.58. The maximum Gasteiger partial charge on any atom is 0.249 e. The van der Waals surface area contributed by atoms with Crippen molar-refractivity contribution in [3.8, 4) is 0 Å². The maximum atomic E-state index is 11.8. The Kier molecular flexibility index (Phi) is 4.25. The molecule has 0 aromatic heterocycles. The Morgan fingerprint density at radius 3 is 2.47 bits per heavy atom. The van der Waals surface area contributed by atoms with Crippen molar-refractivity contribution in [2.45, 2.75) is 18.7 Å². The molecule has 0 saturated heterocycles. The highest BCUT2D eigenvalue weighted by Crippen LogP contribution is 2.13. The van der Waals surface area contributed by atoms with Crippen LogP contribution < -0.4 is 11.5 Å². The van der Waals surface area contributed by atoms with Gasteiger partial charge in [-0.15, -0.1) is 0 Å². The highest BCUT2D eigenvalue weighted by molar-refractivity contribution is 7.90. The van der Waals surface area contributed by atoms with Gasteiger partial charge in [-0.1, -0.05) is 18.2 Å². The van der Waals surface area contributed by atoms with E-state index in [-0.39, 0.29) is 17.1 Å². The minimum absolute atomic E-state index is 0.111. The van der Waals surface area contributed by atoms with Gasteiger partial charge in [0.1, 0.15) is 0 Å². The van der Waals surface area contributed by atoms with E-state index in [2.05, 4.69) is 0 Å². The van der Waals surface area contributed by atoms with Crippen LogP contribution in [0.1, 0.15) is 22.8 Å². The fourth-order valence-corrected chi connectivity index (χ4v) is 3.23. The van der Waals surface area contributed by atoms with Crippen LogP contribution in [0.4, 0.5) is 0 Å². The lowest BCUT2D eigenvalue weighted by molar-refractivity contribution is 0.0999. The van der Waals surface area contributed by atoms with Crippen molar-refractivity contribution in [2.24, 2.45) is 11.5 Å². The molecule has 0 bridgehead atoms. The van der Waals surface area contributed by atoms with Crippen LogP contribution in [0.2, 0.25) is 0 Å². The first-order chi connectivity index (χ1) is 7.82. The second-order valence-corrected chi connectivity index (χ2v) is 6.16. The van der Waals surface area contributed by atoms with Crippen LogP contribution in [-0.4, -0.2) is 26.1 Å². The Morgan fingerprint density at radius 1 is 1.35 bits per heavy atom. The molecule has 0 saturated carbocycles. The third-order valence-electron chi connectivity index (χ3n) is 2.18. The van der Waals surface area contributed by atoms with E-state index in [4.69, 9.17) is 11.5 Å². The molecule has 1 atom stereocenters. The molecule has 1 amide bonds. The molecule has 0 aliphatic rings. The van der Waals surface area contributed by atoms with E-state index < -0.39 is 21.8 Å². The number of carbonyl (C=O) groups excluding carboxylic acids is 1. The Labute approximate surface area is 101 Å². The quantitative estimate of drug-likeness (QED) is 0.776. The van der Waals surface area contributed by atoms with Gasteiger partial charge in [0, 0.05) is 11.6 Å². The van der Waals surface area contributed by atoms with E-state index in [0.717, 1.165) is 0 Å². The number of nitrogens with two attached hydrogens (primary N) is 2. The second kappa shape index (κ2) is 5.29. The molecular weight excluding hydrogens is 240 g/mol. The van der Waals surface area contributed by atoms with Crippen molar-refractivity contribution < 1.29 is 13.2 Å². The first-order valence-corrected chi connectivity index (χ1v) is 6.97. The standard InChI is InChI=1S/C11H16N2O3S/c1-8(12)6-17(15,16)7-9-4-2-3-5-10(9)11(13)14/h2-5,8H,6-7,12H2,1H3,(H2,13,14). The van der Waals surface area contributed by atoms with Gasteiger partial charge in [0.05, 0.1) is 11.5 Å². The van der Waals surface area contributed by atoms with Gasteiger partial charge in [0.25, 0.3) is 0 Å². The summed E-state index contributed by atoms with van der Waals surface area (Å²) < 4.78 is 23.5. The van der Waals surface area contributed by atoms with Crippen LogP contribution in [-0.2, 0) is 15.6 Å². The Hall–Kier alpha value is -1.40. The Morgan fingerprint density at radius 2 is 1.94 bits per heavy atom. The van der Waals surface area contributed by atoms with Gasteiger partial charge in [-0.2, -0.15) is 0 Å². The maximum absolute atomic E-state index is 11.8. The van der Waals surface area contributed by atoms with E-state index >= 15 is 0 Å². The lowest BCUT2D eigenvalue weighted by atomic mass is 10.1. The molecule has 6 heteroatoms. The number of primary amides is 1. The van der Waals surface area contributed by atoms with Crippen molar-refractivity contribution >= 4 is 15.7 Å². The molecule has 1 rings (SSSR count). The summed E-state index contributed by atoms with van der Waals surface area (Å²) in [6, 6.07) is 5.98. The van der Waals surface area contributed by atoms with Gasteiger partial charge in [0.15, 0.2) is 9.84 Å². The van der Waals surface area contributed by atoms with Crippen molar-refractivity contribution in [1.29, 1.82) is 0 Å². The highest BCUT2D eigenvalue weighted by atomic mass is 32.2. The molecule has 4 N–H and O–H groups in total. The summed E-state index contributed by atoms with van der Waals surface area (Å²) in [5.41, 5.74) is 11.3. The number of benzene rings is 1. The number of hydrogen-bond donors (Lipinski definition) is 2. The van der Waals surface area contributed by atoms with E-state index in [1.54, 1.807) is 25.1 Å². The van der Waals surface area contributed by atoms with Crippen molar-refractivity contribution in [2.75, 3.05) is 5.75 Å². The summed E-state index contributed by atoms with van der Waals surface area (Å²) in [6.45, 7) is 1.62. The number of rotatable bonds is 5. The van der Waals surface area contributed by atoms with Crippen LogP contribution >= 0.6 is 0 Å². The smallest absolute Gasteiger partial charge is 0.249 e. The van der Waals surface area contributed by atoms with Crippen molar-refractivity contribution in [3.05, 3.63) is 35.4 Å². The third kappa shape index (κ3) is 4.16. The van der Waals surface area contributed by atoms with Gasteiger partial charge in [-0.25, -0.2) is 8.42 Å². The molecule has 0 aliphatic carbocycles. The molecule has 5 nitrogen and oxygen atoms in total. The summed E-state index contributed by atoms with van der Waals surface area (Å²) in [4.78, 5) is 11.1. The molecule has 1 unspecified atom stereocenters. The van der Waals surface area contributed by atoms with Crippen molar-refractivity contribution in [1.82, 2.24) is 0 Å². The number of carbonyl (C=O) groups is 1. The normalized spacial score (nSPS) is 13.3. The second-order valence-electron chi connectivity index (χ2n) is 4.05. The molecule has 1 aromatic carbocycles. The lowest BCUT2D eigenvalue weighted by Gasteiger charge is -2.09. The molecule has 0 spiro atoms. The number of hydrogen-bond acceptors (Lipinski definition) is 4. The summed E-state index contributed by atoms with van der Waals surface area (Å²) in [5.74, 6) is -0.954. The summed E-state index contributed by atoms with van der Waals surface area (Å²) >= 11 is 0. The predicted molar refractivity (Wildman–Crippen MR) is 66.1 cm³/mol. The minimum Gasteiger partial charge on any atom is -0.366 e. The molecule has 0 aliphatic heterocycles. The Balaban J connectivity index is 3.00. The summed E-state index contributed by atoms with van der Waals surface area (Å²) in [6.07, 6.45) is 0. The van der Waals surface area contributed by atoms with Gasteiger partial charge >= 0.3 is 0 Å². The van der Waals surface area contributed by atoms with Gasteiger partial charge in [0.2, 0.25) is 5.91 Å². The average Bonchev–Trinajstić information content (AvgIpc) is 2.14. The topological polar surface area (TPSA) is 103 Å². The van der Waals surface area contributed by atoms with Crippen molar-refractivity contribution in [3.63, 3.8) is 0 Å². The van der Waals surface area contributed by atoms with E-state index in [1.807, 2.05) is 0 Å². The number of sulfone groups is 1. The first kappa shape index (κ1) is 13.7. The monoisotopic (exact) mass is 256 g/mol. The van der Waals surface area contributed by atoms with Crippen LogP contribution in [0.5, 0.6) is 0 Å². The molecule has 0 heterocycles. The third-order valence-corrected chi connectivity index (χ3v) is 3.96. The van der Waals surface area contributed by atoms with E-state index in [1.165, 1.54) is 6.07 Å². The van der Waals surface area contributed by atoms with Crippen LogP contribution in [0.25, 0.3) is 0 Å². The minimum atomic E-state index is -3.32. The average molecular weight is 256 g/mol. The first-order valence-electron chi connectivity index (χ1n) is 5.15. The van der Waals surface area contributed by atoms with Crippen LogP contribution in [0.15, 0.2) is 24.3 Å². The largest absolute Gasteiger partial charge is 0.366 e.